The second-order valence-corrected chi connectivity index (χ2v) is 11.4. The molecule has 5 rings (SSSR count). The van der Waals surface area contributed by atoms with Crippen LogP contribution in [0.5, 0.6) is 11.5 Å². The number of carbonyl (C=O) groups excluding carboxylic acids is 2. The molecule has 0 radical (unpaired) electrons. The summed E-state index contributed by atoms with van der Waals surface area (Å²) in [6, 6.07) is 17.8. The first kappa shape index (κ1) is 32.6. The van der Waals surface area contributed by atoms with Crippen LogP contribution in [-0.2, 0) is 6.54 Å². The minimum atomic E-state index is -4.80. The number of aryl methyl sites for hydroxylation is 1. The Labute approximate surface area is 264 Å². The highest BCUT2D eigenvalue weighted by molar-refractivity contribution is 6.00. The van der Waals surface area contributed by atoms with E-state index in [1.165, 1.54) is 24.3 Å². The van der Waals surface area contributed by atoms with Gasteiger partial charge in [-0.3, -0.25) is 9.59 Å². The molecular weight excluding hydrogens is 601 g/mol. The van der Waals surface area contributed by atoms with E-state index in [9.17, 15) is 27.9 Å². The zero-order chi connectivity index (χ0) is 32.8. The molecule has 1 aliphatic heterocycles. The van der Waals surface area contributed by atoms with Crippen LogP contribution < -0.4 is 15.4 Å². The van der Waals surface area contributed by atoms with Gasteiger partial charge in [-0.15, -0.1) is 13.2 Å². The molecule has 46 heavy (non-hydrogen) atoms. The molecule has 0 bridgehead atoms. The lowest BCUT2D eigenvalue weighted by Gasteiger charge is -2.24. The summed E-state index contributed by atoms with van der Waals surface area (Å²) in [7, 11) is 0. The fourth-order valence-electron chi connectivity index (χ4n) is 5.64. The number of phenolic OH excluding ortho intramolecular Hbond substituents is 1. The van der Waals surface area contributed by atoms with E-state index in [1.54, 1.807) is 53.6 Å². The maximum atomic E-state index is 13.5. The molecule has 12 heteroatoms. The largest absolute Gasteiger partial charge is 0.573 e. The minimum absolute atomic E-state index is 0.0567. The lowest BCUT2D eigenvalue weighted by Crippen LogP contribution is -2.36. The van der Waals surface area contributed by atoms with Crippen molar-refractivity contribution in [1.29, 1.82) is 0 Å². The minimum Gasteiger partial charge on any atom is -0.508 e. The number of aromatic nitrogens is 1. The molecule has 1 saturated heterocycles. The zero-order valence-electron chi connectivity index (χ0n) is 25.4. The number of nitrogens with zero attached hydrogens (tertiary/aromatic N) is 2. The zero-order valence-corrected chi connectivity index (χ0v) is 25.4. The van der Waals surface area contributed by atoms with Gasteiger partial charge >= 0.3 is 6.36 Å². The predicted molar refractivity (Wildman–Crippen MR) is 163 cm³/mol. The number of halogens is 3. The maximum Gasteiger partial charge on any atom is 0.573 e. The lowest BCUT2D eigenvalue weighted by molar-refractivity contribution is -0.274. The second-order valence-electron chi connectivity index (χ2n) is 11.4. The number of alkyl halides is 3. The van der Waals surface area contributed by atoms with Crippen LogP contribution in [0.4, 0.5) is 13.2 Å². The monoisotopic (exact) mass is 636 g/mol. The van der Waals surface area contributed by atoms with E-state index in [2.05, 4.69) is 20.4 Å². The van der Waals surface area contributed by atoms with Crippen molar-refractivity contribution >= 4 is 11.8 Å². The number of amides is 2. The van der Waals surface area contributed by atoms with Gasteiger partial charge in [0.1, 0.15) is 23.8 Å². The Balaban J connectivity index is 1.25. The first-order valence-electron chi connectivity index (χ1n) is 15.0. The molecule has 3 aromatic carbocycles. The number of ether oxygens (including phenoxy) is 1. The van der Waals surface area contributed by atoms with Crippen molar-refractivity contribution in [1.82, 2.24) is 20.5 Å². The number of aromatic hydroxyl groups is 1. The van der Waals surface area contributed by atoms with E-state index in [4.69, 9.17) is 4.42 Å². The third-order valence-electron chi connectivity index (χ3n) is 7.73. The second kappa shape index (κ2) is 14.1. The number of oxazole rings is 1. The summed E-state index contributed by atoms with van der Waals surface area (Å²) in [6.45, 7) is 4.41. The molecule has 242 valence electrons. The number of rotatable bonds is 11. The Morgan fingerprint density at radius 3 is 2.59 bits per heavy atom. The molecule has 3 N–H and O–H groups in total. The van der Waals surface area contributed by atoms with Gasteiger partial charge in [-0.2, -0.15) is 0 Å². The van der Waals surface area contributed by atoms with E-state index < -0.39 is 6.36 Å². The number of hydrogen-bond acceptors (Lipinski definition) is 7. The van der Waals surface area contributed by atoms with Gasteiger partial charge in [0.2, 0.25) is 5.89 Å². The number of nitrogens with one attached hydrogen (secondary N) is 2. The van der Waals surface area contributed by atoms with Crippen molar-refractivity contribution in [3.05, 3.63) is 113 Å². The van der Waals surface area contributed by atoms with Crippen LogP contribution in [0.2, 0.25) is 0 Å². The summed E-state index contributed by atoms with van der Waals surface area (Å²) in [5.41, 5.74) is 2.74. The summed E-state index contributed by atoms with van der Waals surface area (Å²) < 4.78 is 47.7. The molecule has 1 fully saturated rings. The molecule has 1 aliphatic rings. The molecule has 1 unspecified atom stereocenters. The van der Waals surface area contributed by atoms with E-state index in [0.29, 0.717) is 35.5 Å². The van der Waals surface area contributed by atoms with Crippen LogP contribution in [0.3, 0.4) is 0 Å². The number of likely N-dealkylation sites (tertiary alicyclic amines) is 1. The van der Waals surface area contributed by atoms with Crippen molar-refractivity contribution < 1.29 is 37.0 Å². The van der Waals surface area contributed by atoms with Crippen LogP contribution in [0, 0.1) is 6.92 Å². The van der Waals surface area contributed by atoms with Crippen LogP contribution in [0.15, 0.2) is 83.5 Å². The molecular formula is C34H35F3N4O5. The van der Waals surface area contributed by atoms with Crippen LogP contribution in [0.1, 0.15) is 81.7 Å². The highest BCUT2D eigenvalue weighted by atomic mass is 19.4. The summed E-state index contributed by atoms with van der Waals surface area (Å²) in [5, 5.41) is 16.4. The smallest absolute Gasteiger partial charge is 0.508 e. The standard InChI is InChI=1S/C34H35F3N4O5/c1-21(15-29(24-8-5-11-27(42)18-24)38-19-23-7-3-12-28(16-23)46-34(35,36)37)39-31(43)25-9-4-10-26(17-25)33(44)41-14-6-13-30(41)32-40-22(2)20-45-32/h3-5,7-12,16-18,20-21,29-30,38,42H,6,13-15,19H2,1-2H3,(H,39,43)/t21-,29?,30+/m0/s1. The van der Waals surface area contributed by atoms with Crippen molar-refractivity contribution in [3.63, 3.8) is 0 Å². The normalized spacial score (nSPS) is 16.2. The molecule has 0 aliphatic carbocycles. The van der Waals surface area contributed by atoms with Gasteiger partial charge < -0.3 is 29.8 Å². The van der Waals surface area contributed by atoms with Gasteiger partial charge in [-0.1, -0.05) is 30.3 Å². The van der Waals surface area contributed by atoms with Crippen LogP contribution in [-0.4, -0.2) is 45.8 Å². The molecule has 9 nitrogen and oxygen atoms in total. The van der Waals surface area contributed by atoms with E-state index in [1.807, 2.05) is 19.9 Å². The lowest BCUT2D eigenvalue weighted by atomic mass is 9.98. The number of benzene rings is 3. The molecule has 2 heterocycles. The van der Waals surface area contributed by atoms with Gasteiger partial charge in [-0.25, -0.2) is 4.98 Å². The Bertz CT molecular complexity index is 1670. The molecule has 4 aromatic rings. The van der Waals surface area contributed by atoms with Gasteiger partial charge in [0.05, 0.1) is 5.69 Å². The van der Waals surface area contributed by atoms with Crippen molar-refractivity contribution in [2.75, 3.05) is 6.54 Å². The summed E-state index contributed by atoms with van der Waals surface area (Å²) in [4.78, 5) is 32.9. The van der Waals surface area contributed by atoms with E-state index >= 15 is 0 Å². The van der Waals surface area contributed by atoms with Crippen molar-refractivity contribution in [2.45, 2.75) is 64.1 Å². The summed E-state index contributed by atoms with van der Waals surface area (Å²) >= 11 is 0. The van der Waals surface area contributed by atoms with Crippen molar-refractivity contribution in [2.24, 2.45) is 0 Å². The highest BCUT2D eigenvalue weighted by Crippen LogP contribution is 2.33. The van der Waals surface area contributed by atoms with Crippen LogP contribution >= 0.6 is 0 Å². The summed E-state index contributed by atoms with van der Waals surface area (Å²) in [5.74, 6) is -0.339. The Kier molecular flexibility index (Phi) is 9.96. The van der Waals surface area contributed by atoms with Gasteiger partial charge in [0.25, 0.3) is 11.8 Å². The van der Waals surface area contributed by atoms with E-state index in [0.717, 1.165) is 24.1 Å². The van der Waals surface area contributed by atoms with Crippen molar-refractivity contribution in [3.8, 4) is 11.5 Å². The maximum absolute atomic E-state index is 13.5. The third kappa shape index (κ3) is 8.45. The molecule has 1 aromatic heterocycles. The molecule has 0 saturated carbocycles. The first-order valence-corrected chi connectivity index (χ1v) is 15.0. The van der Waals surface area contributed by atoms with E-state index in [-0.39, 0.29) is 48.0 Å². The fourth-order valence-corrected chi connectivity index (χ4v) is 5.64. The molecule has 2 amide bonds. The average Bonchev–Trinajstić information content (AvgIpc) is 3.67. The topological polar surface area (TPSA) is 117 Å². The number of hydrogen-bond donors (Lipinski definition) is 3. The summed E-state index contributed by atoms with van der Waals surface area (Å²) in [6.07, 6.45) is -1.29. The van der Waals surface area contributed by atoms with Gasteiger partial charge in [-0.05, 0) is 86.7 Å². The fraction of sp³-hybridized carbons (Fsp3) is 0.324. The molecule has 3 atom stereocenters. The SMILES string of the molecule is Cc1coc([C@H]2CCCN2C(=O)c2cccc(C(=O)N[C@@H](C)CC(NCc3cccc(OC(F)(F)F)c3)c3cccc(O)c3)c2)n1. The first-order chi connectivity index (χ1) is 21.9. The van der Waals surface area contributed by atoms with Gasteiger partial charge in [0, 0.05) is 36.3 Å². The quantitative estimate of drug-likeness (QED) is 0.170. The number of carbonyl (C=O) groups is 2. The Hall–Kier alpha value is -4.84. The third-order valence-corrected chi connectivity index (χ3v) is 7.73. The van der Waals surface area contributed by atoms with Gasteiger partial charge in [0.15, 0.2) is 0 Å². The predicted octanol–water partition coefficient (Wildman–Crippen LogP) is 6.60. The average molecular weight is 637 g/mol. The van der Waals surface area contributed by atoms with Crippen LogP contribution in [0.25, 0.3) is 0 Å². The molecule has 0 spiro atoms. The highest BCUT2D eigenvalue weighted by Gasteiger charge is 2.34. The Morgan fingerprint density at radius 2 is 1.85 bits per heavy atom. The number of phenols is 1. The Morgan fingerprint density at radius 1 is 1.09 bits per heavy atom.